The molecule has 0 bridgehead atoms. The number of likely N-dealkylation sites (N-methyl/N-ethyl adjacent to an activating group) is 3. The highest BCUT2D eigenvalue weighted by Crippen LogP contribution is 2.47. The Balaban J connectivity index is 0.000000160. The molecule has 0 saturated carbocycles. The predicted octanol–water partition coefficient (Wildman–Crippen LogP) is 12.9. The summed E-state index contributed by atoms with van der Waals surface area (Å²) >= 11 is 0. The van der Waals surface area contributed by atoms with Crippen molar-refractivity contribution in [2.75, 3.05) is 188 Å². The average molecular weight is 1980 g/mol. The van der Waals surface area contributed by atoms with Crippen molar-refractivity contribution in [1.82, 2.24) is 79.8 Å². The van der Waals surface area contributed by atoms with E-state index in [-0.39, 0.29) is 132 Å². The van der Waals surface area contributed by atoms with Crippen LogP contribution in [0.3, 0.4) is 0 Å². The Kier molecular flexibility index (Phi) is 33.1. The molecule has 5 aromatic carbocycles. The fourth-order valence-corrected chi connectivity index (χ4v) is 21.3. The van der Waals surface area contributed by atoms with Gasteiger partial charge in [-0.3, -0.25) is 29.3 Å². The van der Waals surface area contributed by atoms with Crippen LogP contribution in [0.1, 0.15) is 107 Å². The number of halogens is 4. The molecule has 0 unspecified atom stereocenters. The lowest BCUT2D eigenvalue weighted by atomic mass is 9.98. The van der Waals surface area contributed by atoms with E-state index in [1.807, 2.05) is 29.0 Å². The summed E-state index contributed by atoms with van der Waals surface area (Å²) in [5.41, 5.74) is 11.2. The number of likely N-dealkylation sites (tertiary alicyclic amines) is 3. The van der Waals surface area contributed by atoms with Crippen molar-refractivity contribution in [2.24, 2.45) is 0 Å². The number of hydrogen-bond donors (Lipinski definition) is 2. The van der Waals surface area contributed by atoms with Gasteiger partial charge in [0.05, 0.1) is 65.4 Å². The van der Waals surface area contributed by atoms with E-state index in [0.717, 1.165) is 123 Å². The molecule has 142 heavy (non-hydrogen) atoms. The lowest BCUT2D eigenvalue weighted by molar-refractivity contribution is -0.137. The standard InChI is InChI=1S/C38H42N8O2.C35H42N8O3.C31H35F4N9O2.2H2S/c1-27-7-4-8-29-9-5-11-34(36(27)29)44-20-16-32-33(25-44)41-38(48-26-30-10-6-19-43(30)3)42-37(32)45-21-22-46(31(24-45)23-39-2)35(47)13-12-28-14-17-40-18-15-28;1-23-9-6-10-26-11-7-13-31(32(23)26)41-16-14-29-30(21-41)38-35(46-22-27-12-8-15-40(27)5)39-33(29)42-17-18-43(28(20-42)19-36-4)34(45)24(2)37-25(3)44;1-18-12-24-23(14-37-40-24)27(26(18)31(33,34)35)42-9-7-22-25(16-42)38-30(46-17-20-6-5-8-41(20)4)39-28(22)43-10-11-44(29(45)19(2)32)21(15-43)13-36-3;;/h4-5,7-9,11-15,17-18,30-31H,6,10,16,19-26H2,1,3H3;6-7,9-11,13,27-28H,2,8,12,14-22H2,1,3,5H3,(H,37,44);12,14,20-21H,2,5-11,13,15-17H2,1,4H3,(H,37,40);2*1H2/b13-12+;;;;/t30-,31-;27-,28-;20-,21-;;/m000../s1. The number of aromatic amines is 1. The molecule has 0 radical (unpaired) electrons. The smallest absolute Gasteiger partial charge is 0.418 e. The third-order valence-corrected chi connectivity index (χ3v) is 28.7. The van der Waals surface area contributed by atoms with E-state index >= 15 is 0 Å². The number of hydrogen-bond acceptors (Lipinski definition) is 24. The number of aryl methyl sites for hydroxylation is 3. The molecule has 38 heteroatoms. The van der Waals surface area contributed by atoms with Crippen molar-refractivity contribution in [3.63, 3.8) is 0 Å². The van der Waals surface area contributed by atoms with E-state index in [9.17, 15) is 36.7 Å². The number of anilines is 6. The van der Waals surface area contributed by atoms with Gasteiger partial charge >= 0.3 is 24.2 Å². The zero-order valence-corrected chi connectivity index (χ0v) is 83.4. The maximum atomic E-state index is 14.5. The van der Waals surface area contributed by atoms with Gasteiger partial charge in [-0.15, -0.1) is 0 Å². The minimum Gasteiger partial charge on any atom is -0.462 e. The van der Waals surface area contributed by atoms with E-state index in [0.29, 0.717) is 132 Å². The summed E-state index contributed by atoms with van der Waals surface area (Å²) in [5.74, 6) is -0.493. The van der Waals surface area contributed by atoms with Crippen molar-refractivity contribution >= 4 is 124 Å². The number of carbonyl (C=O) groups is 4. The summed E-state index contributed by atoms with van der Waals surface area (Å²) in [7, 11) is 6.30. The van der Waals surface area contributed by atoms with Gasteiger partial charge in [0.2, 0.25) is 31.4 Å². The molecular formula is C104H123F4N25O7S2. The number of benzene rings is 5. The van der Waals surface area contributed by atoms with Crippen molar-refractivity contribution in [3.8, 4) is 18.0 Å². The van der Waals surface area contributed by atoms with E-state index in [2.05, 4.69) is 183 Å². The normalized spacial score (nSPS) is 19.8. The molecule has 9 aliphatic rings. The van der Waals surface area contributed by atoms with Crippen LogP contribution < -0.4 is 48.9 Å². The van der Waals surface area contributed by atoms with Crippen LogP contribution in [-0.4, -0.2) is 293 Å². The number of nitrogens with zero attached hydrogens (tertiary/aromatic N) is 23. The minimum absolute atomic E-state index is 0. The van der Waals surface area contributed by atoms with Gasteiger partial charge in [0.1, 0.15) is 55.4 Å². The SMILES string of the molecule is S.S.[C-]#[N+]C[C@H]1CN(c2nc(OC[C@@H]3CCCN3C)nc3c2CCN(c2c(C(F)(F)F)c(C)cc4[nH]ncc24)C3)CCN1C(=O)C(=C)F.[C-]#[N+]C[C@H]1CN(c2nc(OC[C@@H]3CCCN3C)nc3c2CCN(c2cccc4cccc(C)c24)C3)CCN1C(=O)/C=C/c1ccncc1.[C-]#[N+]C[C@H]1CN(c2nc(OC[C@@H]3CCCN3C)nc3c2CCN(c2cccc4cccc(C)c24)C3)CCN1C(=O)C(=C)NC(C)=O. The predicted molar refractivity (Wildman–Crippen MR) is 552 cm³/mol. The highest BCUT2D eigenvalue weighted by molar-refractivity contribution is 7.59. The summed E-state index contributed by atoms with van der Waals surface area (Å²) in [6, 6.07) is 31.5. The molecule has 2 N–H and O–H groups in total. The Morgan fingerprint density at radius 3 is 1.33 bits per heavy atom. The highest BCUT2D eigenvalue weighted by atomic mass is 32.1. The second-order valence-electron chi connectivity index (χ2n) is 37.7. The molecule has 6 saturated heterocycles. The van der Waals surface area contributed by atoms with E-state index < -0.39 is 29.5 Å². The van der Waals surface area contributed by atoms with Crippen LogP contribution in [0.4, 0.5) is 52.1 Å². The second kappa shape index (κ2) is 45.6. The molecule has 4 amide bonds. The first kappa shape index (κ1) is 103. The summed E-state index contributed by atoms with van der Waals surface area (Å²) in [5, 5.41) is 14.7. The Morgan fingerprint density at radius 1 is 0.514 bits per heavy atom. The van der Waals surface area contributed by atoms with Gasteiger partial charge in [0.25, 0.3) is 11.8 Å². The third kappa shape index (κ3) is 22.8. The molecule has 0 aliphatic carbocycles. The lowest BCUT2D eigenvalue weighted by Crippen LogP contribution is -2.58. The van der Waals surface area contributed by atoms with Gasteiger partial charge in [-0.2, -0.15) is 75.2 Å². The number of ether oxygens (including phenoxy) is 3. The summed E-state index contributed by atoms with van der Waals surface area (Å²) in [6.45, 7) is 48.5. The maximum absolute atomic E-state index is 14.5. The van der Waals surface area contributed by atoms with Crippen molar-refractivity contribution < 1.29 is 51.0 Å². The molecule has 10 aromatic rings. The monoisotopic (exact) mass is 1970 g/mol. The summed E-state index contributed by atoms with van der Waals surface area (Å²) in [4.78, 5) is 120. The first-order valence-corrected chi connectivity index (χ1v) is 48.2. The van der Waals surface area contributed by atoms with Crippen LogP contribution in [0, 0.1) is 40.5 Å². The van der Waals surface area contributed by atoms with Crippen LogP contribution in [0.5, 0.6) is 18.0 Å². The van der Waals surface area contributed by atoms with Gasteiger partial charge in [-0.1, -0.05) is 73.8 Å². The fourth-order valence-electron chi connectivity index (χ4n) is 21.3. The van der Waals surface area contributed by atoms with Gasteiger partial charge in [-0.25, -0.2) is 24.1 Å². The molecular weight excluding hydrogens is 1850 g/mol. The van der Waals surface area contributed by atoms with Gasteiger partial charge in [0.15, 0.2) is 5.83 Å². The van der Waals surface area contributed by atoms with Gasteiger partial charge < -0.3 is 92.9 Å². The van der Waals surface area contributed by atoms with Crippen LogP contribution in [0.25, 0.3) is 53.1 Å². The van der Waals surface area contributed by atoms with Crippen molar-refractivity contribution in [1.29, 1.82) is 0 Å². The molecule has 746 valence electrons. The topological polar surface area (TPSA) is 279 Å². The zero-order valence-electron chi connectivity index (χ0n) is 81.4. The summed E-state index contributed by atoms with van der Waals surface area (Å²) < 4.78 is 76.1. The van der Waals surface area contributed by atoms with Crippen molar-refractivity contribution in [3.05, 3.63) is 236 Å². The minimum atomic E-state index is -4.59. The average Bonchev–Trinajstić information content (AvgIpc) is 1.44. The van der Waals surface area contributed by atoms with Gasteiger partial charge in [0, 0.05) is 166 Å². The van der Waals surface area contributed by atoms with Gasteiger partial charge in [-0.05, 0) is 189 Å². The Hall–Kier alpha value is -13.5. The maximum Gasteiger partial charge on any atom is 0.418 e. The number of amides is 4. The molecule has 19 rings (SSSR count). The molecule has 32 nitrogen and oxygen atoms in total. The summed E-state index contributed by atoms with van der Waals surface area (Å²) in [6.07, 6.45) is 12.1. The highest BCUT2D eigenvalue weighted by Gasteiger charge is 2.44. The molecule has 14 heterocycles. The molecule has 6 fully saturated rings. The Morgan fingerprint density at radius 2 is 0.923 bits per heavy atom. The van der Waals surface area contributed by atoms with Crippen LogP contribution in [-0.2, 0) is 64.3 Å². The zero-order chi connectivity index (χ0) is 98.2. The Bertz CT molecular complexity index is 6480. The number of pyridine rings is 1. The number of piperazine rings is 3. The number of rotatable bonds is 23. The largest absolute Gasteiger partial charge is 0.462 e. The number of alkyl halides is 3. The number of carbonyl (C=O) groups excluding carboxylic acids is 4. The molecule has 5 aromatic heterocycles. The first-order valence-electron chi connectivity index (χ1n) is 48.2. The third-order valence-electron chi connectivity index (χ3n) is 28.7. The van der Waals surface area contributed by atoms with Crippen molar-refractivity contribution in [2.45, 2.75) is 148 Å². The number of H-pyrrole nitrogens is 1. The van der Waals surface area contributed by atoms with E-state index in [4.69, 9.17) is 63.8 Å². The first-order chi connectivity index (χ1) is 67.7. The van der Waals surface area contributed by atoms with Crippen LogP contribution >= 0.6 is 27.0 Å². The quantitative estimate of drug-likeness (QED) is 0.0342. The number of fused-ring (bicyclic) bond motifs is 6. The Labute approximate surface area is 839 Å². The number of aromatic nitrogens is 9. The van der Waals surface area contributed by atoms with Crippen LogP contribution in [0.15, 0.2) is 140 Å². The molecule has 0 spiro atoms. The van der Waals surface area contributed by atoms with E-state index in [1.54, 1.807) is 34.3 Å². The van der Waals surface area contributed by atoms with E-state index in [1.165, 1.54) is 81.5 Å². The number of nitrogens with one attached hydrogen (secondary N) is 2. The second-order valence-corrected chi connectivity index (χ2v) is 37.7. The molecule has 9 aliphatic heterocycles. The fraction of sp³-hybridized carbons (Fsp3) is 0.452. The molecule has 6 atom stereocenters. The lowest BCUT2D eigenvalue weighted by Gasteiger charge is -2.41. The van der Waals surface area contributed by atoms with Crippen LogP contribution in [0.2, 0.25) is 0 Å².